The lowest BCUT2D eigenvalue weighted by atomic mass is 9.59. The van der Waals surface area contributed by atoms with E-state index in [1.807, 2.05) is 20.8 Å². The fourth-order valence-corrected chi connectivity index (χ4v) is 5.69. The minimum atomic E-state index is -2.86. The van der Waals surface area contributed by atoms with Gasteiger partial charge in [-0.1, -0.05) is 119 Å². The van der Waals surface area contributed by atoms with Crippen molar-refractivity contribution in [1.82, 2.24) is 0 Å². The SMILES string of the molecule is CCCCC(C(=O)O)C(O)(C(=O)O)C(CCCC)(CCCC)C(=O)O.CCCCC(CCCC)(CCCC)C(=O)O. The van der Waals surface area contributed by atoms with E-state index in [2.05, 4.69) is 20.8 Å². The summed E-state index contributed by atoms with van der Waals surface area (Å²) in [5, 5.41) is 49.8. The predicted molar refractivity (Wildman–Crippen MR) is 161 cm³/mol. The number of carboxylic acids is 4. The first kappa shape index (κ1) is 41.0. The van der Waals surface area contributed by atoms with Gasteiger partial charge in [-0.25, -0.2) is 4.79 Å². The van der Waals surface area contributed by atoms with Gasteiger partial charge in [0.25, 0.3) is 0 Å². The van der Waals surface area contributed by atoms with Crippen LogP contribution >= 0.6 is 0 Å². The van der Waals surface area contributed by atoms with Gasteiger partial charge in [0.1, 0.15) is 5.41 Å². The van der Waals surface area contributed by atoms with Gasteiger partial charge < -0.3 is 25.5 Å². The van der Waals surface area contributed by atoms with E-state index < -0.39 is 46.2 Å². The molecule has 0 aromatic carbocycles. The van der Waals surface area contributed by atoms with Crippen LogP contribution in [-0.2, 0) is 19.2 Å². The Labute approximate surface area is 248 Å². The van der Waals surface area contributed by atoms with Gasteiger partial charge in [-0.2, -0.15) is 0 Å². The van der Waals surface area contributed by atoms with Gasteiger partial charge in [0, 0.05) is 0 Å². The highest BCUT2D eigenvalue weighted by Crippen LogP contribution is 2.48. The number of carbonyl (C=O) groups is 4. The molecule has 0 aromatic rings. The highest BCUT2D eigenvalue weighted by Gasteiger charge is 2.65. The molecular formula is C32H60O9. The largest absolute Gasteiger partial charge is 0.481 e. The number of hydrogen-bond donors (Lipinski definition) is 5. The normalized spacial score (nSPS) is 13.9. The molecule has 0 aliphatic rings. The Morgan fingerprint density at radius 2 is 0.854 bits per heavy atom. The third kappa shape index (κ3) is 11.9. The fourth-order valence-electron chi connectivity index (χ4n) is 5.69. The van der Waals surface area contributed by atoms with Gasteiger partial charge in [0.2, 0.25) is 0 Å². The molecule has 41 heavy (non-hydrogen) atoms. The van der Waals surface area contributed by atoms with Crippen molar-refractivity contribution in [3.63, 3.8) is 0 Å². The smallest absolute Gasteiger partial charge is 0.337 e. The lowest BCUT2D eigenvalue weighted by Gasteiger charge is -2.44. The molecule has 0 radical (unpaired) electrons. The van der Waals surface area contributed by atoms with Gasteiger partial charge in [0.05, 0.1) is 11.3 Å². The summed E-state index contributed by atoms with van der Waals surface area (Å²) < 4.78 is 0. The first-order chi connectivity index (χ1) is 19.3. The minimum absolute atomic E-state index is 0.0719. The third-order valence-electron chi connectivity index (χ3n) is 8.51. The van der Waals surface area contributed by atoms with E-state index >= 15 is 0 Å². The Kier molecular flexibility index (Phi) is 21.5. The molecule has 0 aromatic heterocycles. The maximum Gasteiger partial charge on any atom is 0.337 e. The summed E-state index contributed by atoms with van der Waals surface area (Å²) in [4.78, 5) is 47.5. The summed E-state index contributed by atoms with van der Waals surface area (Å²) in [7, 11) is 0. The molecule has 9 heteroatoms. The highest BCUT2D eigenvalue weighted by molar-refractivity contribution is 5.93. The molecule has 0 fully saturated rings. The molecule has 5 N–H and O–H groups in total. The van der Waals surface area contributed by atoms with Gasteiger partial charge >= 0.3 is 23.9 Å². The summed E-state index contributed by atoms with van der Waals surface area (Å²) in [6.07, 6.45) is 11.8. The second-order valence-corrected chi connectivity index (χ2v) is 11.6. The quantitative estimate of drug-likeness (QED) is 0.0755. The number of hydrogen-bond acceptors (Lipinski definition) is 5. The molecule has 0 spiro atoms. The van der Waals surface area contributed by atoms with Crippen molar-refractivity contribution in [3.8, 4) is 0 Å². The van der Waals surface area contributed by atoms with Crippen LogP contribution in [0.2, 0.25) is 0 Å². The van der Waals surface area contributed by atoms with Crippen molar-refractivity contribution in [1.29, 1.82) is 0 Å². The molecule has 0 rings (SSSR count). The van der Waals surface area contributed by atoms with E-state index in [1.165, 1.54) is 0 Å². The lowest BCUT2D eigenvalue weighted by Crippen LogP contribution is -2.64. The Bertz CT molecular complexity index is 734. The molecule has 9 nitrogen and oxygen atoms in total. The van der Waals surface area contributed by atoms with E-state index in [-0.39, 0.29) is 19.3 Å². The molecule has 0 amide bonds. The highest BCUT2D eigenvalue weighted by atomic mass is 16.4. The molecule has 242 valence electrons. The Balaban J connectivity index is 0. The third-order valence-corrected chi connectivity index (χ3v) is 8.51. The Hall–Kier alpha value is -2.16. The predicted octanol–water partition coefficient (Wildman–Crippen LogP) is 7.77. The summed E-state index contributed by atoms with van der Waals surface area (Å²) in [5.74, 6) is -6.93. The molecule has 2 atom stereocenters. The van der Waals surface area contributed by atoms with E-state index in [0.29, 0.717) is 38.5 Å². The molecule has 0 bridgehead atoms. The molecule has 2 unspecified atom stereocenters. The van der Waals surface area contributed by atoms with E-state index in [9.17, 15) is 44.7 Å². The zero-order chi connectivity index (χ0) is 32.1. The summed E-state index contributed by atoms with van der Waals surface area (Å²) in [6, 6.07) is 0. The van der Waals surface area contributed by atoms with Gasteiger partial charge in [0.15, 0.2) is 5.60 Å². The first-order valence-electron chi connectivity index (χ1n) is 15.9. The second-order valence-electron chi connectivity index (χ2n) is 11.6. The maximum absolute atomic E-state index is 12.2. The number of rotatable bonds is 24. The number of unbranched alkanes of at least 4 members (excludes halogenated alkanes) is 6. The number of aliphatic hydroxyl groups is 1. The first-order valence-corrected chi connectivity index (χ1v) is 15.9. The monoisotopic (exact) mass is 588 g/mol. The van der Waals surface area contributed by atoms with Gasteiger partial charge in [-0.15, -0.1) is 0 Å². The standard InChI is InChI=1S/C18H32O7.C14H28O2/c1-4-7-10-13(14(19)20)18(25,16(23)24)17(15(21)22,11-8-5-2)12-9-6-3;1-4-7-10-14(13(15)16,11-8-5-2)12-9-6-3/h13,25H,4-12H2,1-3H3,(H,19,20)(H,21,22)(H,23,24);4-12H2,1-3H3,(H,15,16). The summed E-state index contributed by atoms with van der Waals surface area (Å²) in [5.41, 5.74) is -5.31. The van der Waals surface area contributed by atoms with Crippen LogP contribution in [0.3, 0.4) is 0 Å². The van der Waals surface area contributed by atoms with Crippen molar-refractivity contribution < 1.29 is 44.7 Å². The van der Waals surface area contributed by atoms with E-state index in [1.54, 1.807) is 0 Å². The maximum atomic E-state index is 12.2. The topological polar surface area (TPSA) is 169 Å². The lowest BCUT2D eigenvalue weighted by molar-refractivity contribution is -0.207. The molecule has 0 aliphatic heterocycles. The van der Waals surface area contributed by atoms with Gasteiger partial charge in [-0.3, -0.25) is 14.4 Å². The van der Waals surface area contributed by atoms with Crippen molar-refractivity contribution in [2.24, 2.45) is 16.7 Å². The number of aliphatic carboxylic acids is 4. The Morgan fingerprint density at radius 1 is 0.512 bits per heavy atom. The molecule has 0 aliphatic carbocycles. The zero-order valence-corrected chi connectivity index (χ0v) is 26.7. The van der Waals surface area contributed by atoms with Crippen LogP contribution in [0, 0.1) is 16.7 Å². The average Bonchev–Trinajstić information content (AvgIpc) is 2.92. The molecular weight excluding hydrogens is 528 g/mol. The molecule has 0 saturated heterocycles. The Morgan fingerprint density at radius 3 is 1.10 bits per heavy atom. The summed E-state index contributed by atoms with van der Waals surface area (Å²) in [6.45, 7) is 11.9. The number of carboxylic acid groups (broad SMARTS) is 4. The van der Waals surface area contributed by atoms with Crippen LogP contribution in [0.25, 0.3) is 0 Å². The molecule has 0 heterocycles. The van der Waals surface area contributed by atoms with E-state index in [0.717, 1.165) is 57.8 Å². The van der Waals surface area contributed by atoms with Crippen molar-refractivity contribution in [2.45, 2.75) is 163 Å². The minimum Gasteiger partial charge on any atom is -0.481 e. The summed E-state index contributed by atoms with van der Waals surface area (Å²) >= 11 is 0. The van der Waals surface area contributed by atoms with Gasteiger partial charge in [-0.05, 0) is 38.5 Å². The van der Waals surface area contributed by atoms with Crippen LogP contribution in [0.15, 0.2) is 0 Å². The van der Waals surface area contributed by atoms with Crippen molar-refractivity contribution in [2.75, 3.05) is 0 Å². The second kappa shape index (κ2) is 21.5. The van der Waals surface area contributed by atoms with Crippen LogP contribution in [0.4, 0.5) is 0 Å². The molecule has 0 saturated carbocycles. The van der Waals surface area contributed by atoms with Crippen LogP contribution in [-0.4, -0.2) is 55.0 Å². The fraction of sp³-hybridized carbons (Fsp3) is 0.875. The van der Waals surface area contributed by atoms with Crippen molar-refractivity contribution in [3.05, 3.63) is 0 Å². The van der Waals surface area contributed by atoms with E-state index in [4.69, 9.17) is 0 Å². The van der Waals surface area contributed by atoms with Crippen LogP contribution in [0.5, 0.6) is 0 Å². The van der Waals surface area contributed by atoms with Crippen LogP contribution in [0.1, 0.15) is 157 Å². The van der Waals surface area contributed by atoms with Crippen LogP contribution < -0.4 is 0 Å². The zero-order valence-electron chi connectivity index (χ0n) is 26.7. The van der Waals surface area contributed by atoms with Crippen molar-refractivity contribution >= 4 is 23.9 Å². The average molecular weight is 589 g/mol.